The zero-order valence-corrected chi connectivity index (χ0v) is 7.91. The molecule has 8 nitrogen and oxygen atoms in total. The minimum Gasteiger partial charge on any atom is -0.312 e. The summed E-state index contributed by atoms with van der Waals surface area (Å²) in [6.45, 7) is 3.22. The van der Waals surface area contributed by atoms with E-state index in [4.69, 9.17) is 0 Å². The Balaban J connectivity index is 3.96. The molecule has 0 aromatic rings. The van der Waals surface area contributed by atoms with Crippen LogP contribution in [0.15, 0.2) is 0 Å². The van der Waals surface area contributed by atoms with Crippen molar-refractivity contribution in [2.24, 2.45) is 5.92 Å². The molecule has 0 aliphatic heterocycles. The highest BCUT2D eigenvalue weighted by molar-refractivity contribution is 4.56. The van der Waals surface area contributed by atoms with Crippen LogP contribution in [0.4, 0.5) is 0 Å². The van der Waals surface area contributed by atoms with E-state index in [1.807, 2.05) is 13.8 Å². The van der Waals surface area contributed by atoms with Crippen molar-refractivity contribution in [2.75, 3.05) is 6.61 Å². The van der Waals surface area contributed by atoms with E-state index in [0.29, 0.717) is 6.42 Å². The fourth-order valence-electron chi connectivity index (χ4n) is 0.933. The average Bonchev–Trinajstić information content (AvgIpc) is 1.97. The lowest BCUT2D eigenvalue weighted by atomic mass is 10.1. The molecule has 1 atom stereocenters. The van der Waals surface area contributed by atoms with Crippen molar-refractivity contribution < 1.29 is 19.8 Å². The molecule has 82 valence electrons. The normalized spacial score (nSPS) is 12.2. The van der Waals surface area contributed by atoms with Gasteiger partial charge in [-0.05, 0) is 12.3 Å². The molecule has 0 spiro atoms. The van der Waals surface area contributed by atoms with Crippen LogP contribution in [0.25, 0.3) is 0 Å². The maximum absolute atomic E-state index is 9.99. The lowest BCUT2D eigenvalue weighted by molar-refractivity contribution is -0.790. The van der Waals surface area contributed by atoms with Crippen molar-refractivity contribution >= 4 is 0 Å². The molecule has 0 N–H and O–H groups in total. The topological polar surface area (TPSA) is 105 Å². The molecule has 0 radical (unpaired) electrons. The van der Waals surface area contributed by atoms with Crippen LogP contribution in [-0.4, -0.2) is 22.9 Å². The molecular weight excluding hydrogens is 196 g/mol. The van der Waals surface area contributed by atoms with Gasteiger partial charge in [-0.3, -0.25) is 0 Å². The molecule has 0 saturated carbocycles. The third kappa shape index (κ3) is 7.07. The van der Waals surface area contributed by atoms with Crippen LogP contribution in [0, 0.1) is 26.1 Å². The van der Waals surface area contributed by atoms with Crippen LogP contribution in [0.2, 0.25) is 0 Å². The van der Waals surface area contributed by atoms with Gasteiger partial charge in [-0.15, -0.1) is 20.2 Å². The van der Waals surface area contributed by atoms with Crippen LogP contribution in [0.3, 0.4) is 0 Å². The number of rotatable bonds is 7. The van der Waals surface area contributed by atoms with E-state index < -0.39 is 22.9 Å². The Kier molecular flexibility index (Phi) is 5.27. The van der Waals surface area contributed by atoms with Gasteiger partial charge in [0.1, 0.15) is 12.7 Å². The monoisotopic (exact) mass is 208 g/mol. The molecular formula is C6H12N2O6. The first-order valence-electron chi connectivity index (χ1n) is 4.00. The molecule has 14 heavy (non-hydrogen) atoms. The predicted octanol–water partition coefficient (Wildman–Crippen LogP) is 0.818. The van der Waals surface area contributed by atoms with Gasteiger partial charge in [0.05, 0.1) is 0 Å². The van der Waals surface area contributed by atoms with E-state index in [-0.39, 0.29) is 5.92 Å². The summed E-state index contributed by atoms with van der Waals surface area (Å²) in [6.07, 6.45) is -0.565. The van der Waals surface area contributed by atoms with Crippen molar-refractivity contribution in [1.82, 2.24) is 0 Å². The van der Waals surface area contributed by atoms with Crippen LogP contribution in [0.1, 0.15) is 20.3 Å². The Morgan fingerprint density at radius 1 is 1.21 bits per heavy atom. The van der Waals surface area contributed by atoms with E-state index in [1.54, 1.807) is 0 Å². The Labute approximate surface area is 80.0 Å². The standard InChI is InChI=1S/C6H12N2O6/c1-5(2)3-6(14-8(11)12)4-13-7(9)10/h5-6H,3-4H2,1-2H3/t6-/m1/s1. The summed E-state index contributed by atoms with van der Waals surface area (Å²) >= 11 is 0. The predicted molar refractivity (Wildman–Crippen MR) is 44.3 cm³/mol. The zero-order chi connectivity index (χ0) is 11.1. The van der Waals surface area contributed by atoms with Gasteiger partial charge in [0.2, 0.25) is 0 Å². The Morgan fingerprint density at radius 2 is 1.79 bits per heavy atom. The summed E-state index contributed by atoms with van der Waals surface area (Å²) in [5.41, 5.74) is 0. The summed E-state index contributed by atoms with van der Waals surface area (Å²) in [5.74, 6) is 0.135. The minimum absolute atomic E-state index is 0.135. The maximum atomic E-state index is 9.99. The van der Waals surface area contributed by atoms with Crippen molar-refractivity contribution in [3.05, 3.63) is 20.2 Å². The Morgan fingerprint density at radius 3 is 2.14 bits per heavy atom. The number of hydrogen-bond donors (Lipinski definition) is 0. The second-order valence-electron chi connectivity index (χ2n) is 3.10. The van der Waals surface area contributed by atoms with Gasteiger partial charge in [0.15, 0.2) is 0 Å². The third-order valence-electron chi connectivity index (χ3n) is 1.34. The maximum Gasteiger partial charge on any atom is 0.294 e. The van der Waals surface area contributed by atoms with Crippen LogP contribution >= 0.6 is 0 Å². The smallest absolute Gasteiger partial charge is 0.294 e. The summed E-state index contributed by atoms with van der Waals surface area (Å²) in [5, 5.41) is 17.8. The van der Waals surface area contributed by atoms with E-state index >= 15 is 0 Å². The molecule has 0 aromatic carbocycles. The molecule has 0 saturated heterocycles. The van der Waals surface area contributed by atoms with Gasteiger partial charge >= 0.3 is 0 Å². The van der Waals surface area contributed by atoms with Crippen molar-refractivity contribution in [2.45, 2.75) is 26.4 Å². The lowest BCUT2D eigenvalue weighted by Gasteiger charge is -2.15. The first-order chi connectivity index (χ1) is 6.41. The lowest BCUT2D eigenvalue weighted by Crippen LogP contribution is -2.26. The molecule has 0 rings (SSSR count). The summed E-state index contributed by atoms with van der Waals surface area (Å²) in [4.78, 5) is 28.0. The van der Waals surface area contributed by atoms with E-state index in [0.717, 1.165) is 0 Å². The fraction of sp³-hybridized carbons (Fsp3) is 1.00. The van der Waals surface area contributed by atoms with Gasteiger partial charge in [0.25, 0.3) is 10.2 Å². The number of nitrogens with zero attached hydrogens (tertiary/aromatic N) is 2. The van der Waals surface area contributed by atoms with Crippen LogP contribution in [-0.2, 0) is 9.68 Å². The molecule has 0 unspecified atom stereocenters. The van der Waals surface area contributed by atoms with Crippen molar-refractivity contribution in [3.63, 3.8) is 0 Å². The highest BCUT2D eigenvalue weighted by atomic mass is 17.0. The van der Waals surface area contributed by atoms with Gasteiger partial charge < -0.3 is 9.68 Å². The second kappa shape index (κ2) is 5.95. The van der Waals surface area contributed by atoms with Gasteiger partial charge in [0, 0.05) is 0 Å². The molecule has 0 amide bonds. The molecule has 0 heterocycles. The fourth-order valence-corrected chi connectivity index (χ4v) is 0.933. The first-order valence-corrected chi connectivity index (χ1v) is 4.00. The largest absolute Gasteiger partial charge is 0.312 e. The van der Waals surface area contributed by atoms with Gasteiger partial charge in [-0.25, -0.2) is 0 Å². The molecule has 8 heteroatoms. The molecule has 0 aromatic heterocycles. The summed E-state index contributed by atoms with van der Waals surface area (Å²) in [6, 6.07) is 0. The first kappa shape index (κ1) is 12.4. The summed E-state index contributed by atoms with van der Waals surface area (Å²) < 4.78 is 0. The third-order valence-corrected chi connectivity index (χ3v) is 1.34. The van der Waals surface area contributed by atoms with Crippen molar-refractivity contribution in [3.8, 4) is 0 Å². The van der Waals surface area contributed by atoms with E-state index in [9.17, 15) is 20.2 Å². The van der Waals surface area contributed by atoms with E-state index in [1.165, 1.54) is 0 Å². The average molecular weight is 208 g/mol. The molecule has 0 aliphatic carbocycles. The molecule has 0 fully saturated rings. The van der Waals surface area contributed by atoms with Gasteiger partial charge in [-0.1, -0.05) is 13.8 Å². The minimum atomic E-state index is -1.00. The Bertz CT molecular complexity index is 206. The second-order valence-corrected chi connectivity index (χ2v) is 3.10. The highest BCUT2D eigenvalue weighted by Gasteiger charge is 2.16. The van der Waals surface area contributed by atoms with E-state index in [2.05, 4.69) is 9.68 Å². The van der Waals surface area contributed by atoms with Crippen molar-refractivity contribution in [1.29, 1.82) is 0 Å². The number of hydrogen-bond acceptors (Lipinski definition) is 6. The molecule has 0 bridgehead atoms. The van der Waals surface area contributed by atoms with Gasteiger partial charge in [-0.2, -0.15) is 0 Å². The Hall–Kier alpha value is -1.60. The van der Waals surface area contributed by atoms with Crippen LogP contribution < -0.4 is 0 Å². The molecule has 0 aliphatic rings. The van der Waals surface area contributed by atoms with Crippen LogP contribution in [0.5, 0.6) is 0 Å². The quantitative estimate of drug-likeness (QED) is 0.453. The summed E-state index contributed by atoms with van der Waals surface area (Å²) in [7, 11) is 0. The zero-order valence-electron chi connectivity index (χ0n) is 7.91. The highest BCUT2D eigenvalue weighted by Crippen LogP contribution is 2.08. The SMILES string of the molecule is CC(C)C[C@H](CO[N+](=O)[O-])O[N+](=O)[O-].